The maximum absolute atomic E-state index is 4.64. The lowest BCUT2D eigenvalue weighted by Crippen LogP contribution is -2.37. The van der Waals surface area contributed by atoms with Crippen LogP contribution in [0.25, 0.3) is 0 Å². The van der Waals surface area contributed by atoms with Gasteiger partial charge in [-0.25, -0.2) is 0 Å². The van der Waals surface area contributed by atoms with E-state index in [1.165, 1.54) is 4.88 Å². The predicted molar refractivity (Wildman–Crippen MR) is 95.8 cm³/mol. The van der Waals surface area contributed by atoms with E-state index in [-0.39, 0.29) is 24.0 Å². The highest BCUT2D eigenvalue weighted by Gasteiger charge is 2.14. The number of nitrogens with zero attached hydrogens (tertiary/aromatic N) is 2. The number of halogens is 1. The van der Waals surface area contributed by atoms with Crippen LogP contribution in [0, 0.1) is 0 Å². The Morgan fingerprint density at radius 1 is 1.32 bits per heavy atom. The van der Waals surface area contributed by atoms with Gasteiger partial charge in [0.05, 0.1) is 12.6 Å². The van der Waals surface area contributed by atoms with Crippen molar-refractivity contribution in [2.75, 3.05) is 33.7 Å². The zero-order chi connectivity index (χ0) is 13.4. The second-order valence-electron chi connectivity index (χ2n) is 4.24. The molecule has 110 valence electrons. The van der Waals surface area contributed by atoms with Crippen LogP contribution in [0.2, 0.25) is 0 Å². The molecule has 1 atom stereocenters. The van der Waals surface area contributed by atoms with E-state index >= 15 is 0 Å². The number of aliphatic imine (C=N–C) groups is 1. The first-order chi connectivity index (χ1) is 8.69. The first-order valence-corrected chi connectivity index (χ1v) is 7.29. The van der Waals surface area contributed by atoms with E-state index in [0.717, 1.165) is 25.6 Å². The van der Waals surface area contributed by atoms with Crippen LogP contribution in [0.4, 0.5) is 0 Å². The van der Waals surface area contributed by atoms with Gasteiger partial charge in [-0.05, 0) is 39.4 Å². The number of guanidine groups is 1. The zero-order valence-electron chi connectivity index (χ0n) is 12.1. The molecule has 1 aromatic rings. The third-order valence-corrected chi connectivity index (χ3v) is 3.58. The number of thiophene rings is 1. The topological polar surface area (TPSA) is 39.7 Å². The van der Waals surface area contributed by atoms with Gasteiger partial charge in [0, 0.05) is 18.0 Å². The summed E-state index contributed by atoms with van der Waals surface area (Å²) >= 11 is 1.79. The molecule has 1 heterocycles. The molecule has 6 heteroatoms. The Balaban J connectivity index is 0.00000324. The molecule has 0 aliphatic heterocycles. The molecule has 0 bridgehead atoms. The highest BCUT2D eigenvalue weighted by molar-refractivity contribution is 14.0. The number of rotatable bonds is 6. The first-order valence-electron chi connectivity index (χ1n) is 6.41. The van der Waals surface area contributed by atoms with Crippen LogP contribution in [-0.4, -0.2) is 44.6 Å². The molecule has 2 N–H and O–H groups in total. The van der Waals surface area contributed by atoms with Crippen molar-refractivity contribution >= 4 is 41.3 Å². The van der Waals surface area contributed by atoms with Crippen molar-refractivity contribution in [3.05, 3.63) is 22.4 Å². The molecule has 0 spiro atoms. The van der Waals surface area contributed by atoms with Crippen molar-refractivity contribution in [2.45, 2.75) is 19.9 Å². The van der Waals surface area contributed by atoms with Crippen molar-refractivity contribution in [2.24, 2.45) is 4.99 Å². The molecule has 0 fully saturated rings. The van der Waals surface area contributed by atoms with Crippen LogP contribution in [-0.2, 0) is 0 Å². The molecule has 0 aliphatic rings. The van der Waals surface area contributed by atoms with E-state index in [1.807, 2.05) is 0 Å². The molecule has 0 aliphatic carbocycles. The fourth-order valence-corrected chi connectivity index (χ4v) is 2.59. The van der Waals surface area contributed by atoms with Gasteiger partial charge in [0.25, 0.3) is 0 Å². The van der Waals surface area contributed by atoms with Gasteiger partial charge in [-0.2, -0.15) is 0 Å². The van der Waals surface area contributed by atoms with Gasteiger partial charge < -0.3 is 15.5 Å². The minimum Gasteiger partial charge on any atom is -0.357 e. The van der Waals surface area contributed by atoms with Crippen molar-refractivity contribution in [1.29, 1.82) is 0 Å². The summed E-state index contributed by atoms with van der Waals surface area (Å²) in [7, 11) is 4.19. The maximum Gasteiger partial charge on any atom is 0.191 e. The fraction of sp³-hybridized carbons (Fsp3) is 0.615. The van der Waals surface area contributed by atoms with Crippen LogP contribution < -0.4 is 10.6 Å². The second-order valence-corrected chi connectivity index (χ2v) is 5.22. The summed E-state index contributed by atoms with van der Waals surface area (Å²) in [5.74, 6) is 0.892. The molecule has 1 unspecified atom stereocenters. The van der Waals surface area contributed by atoms with Crippen LogP contribution in [0.5, 0.6) is 0 Å². The minimum atomic E-state index is 0. The van der Waals surface area contributed by atoms with Gasteiger partial charge in [0.1, 0.15) is 0 Å². The van der Waals surface area contributed by atoms with Crippen molar-refractivity contribution in [3.8, 4) is 0 Å². The molecular weight excluding hydrogens is 371 g/mol. The van der Waals surface area contributed by atoms with E-state index in [4.69, 9.17) is 0 Å². The lowest BCUT2D eigenvalue weighted by molar-refractivity contribution is 0.310. The van der Waals surface area contributed by atoms with Gasteiger partial charge in [-0.1, -0.05) is 6.07 Å². The second kappa shape index (κ2) is 10.4. The van der Waals surface area contributed by atoms with E-state index < -0.39 is 0 Å². The van der Waals surface area contributed by atoms with Gasteiger partial charge in [0.2, 0.25) is 0 Å². The van der Waals surface area contributed by atoms with Gasteiger partial charge in [0.15, 0.2) is 5.96 Å². The highest BCUT2D eigenvalue weighted by Crippen LogP contribution is 2.23. The summed E-state index contributed by atoms with van der Waals surface area (Å²) in [5, 5.41) is 8.61. The first kappa shape index (κ1) is 18.7. The molecule has 0 saturated heterocycles. The maximum atomic E-state index is 4.64. The Morgan fingerprint density at radius 2 is 1.95 bits per heavy atom. The molecule has 0 aromatic carbocycles. The smallest absolute Gasteiger partial charge is 0.191 e. The van der Waals surface area contributed by atoms with Crippen LogP contribution in [0.3, 0.4) is 0 Å². The fourth-order valence-electron chi connectivity index (χ4n) is 1.68. The van der Waals surface area contributed by atoms with Crippen LogP contribution in [0.1, 0.15) is 24.8 Å². The summed E-state index contributed by atoms with van der Waals surface area (Å²) in [6, 6.07) is 4.61. The lowest BCUT2D eigenvalue weighted by atomic mass is 10.2. The monoisotopic (exact) mass is 396 g/mol. The van der Waals surface area contributed by atoms with E-state index in [2.05, 4.69) is 66.0 Å². The Bertz CT molecular complexity index is 344. The number of nitrogens with one attached hydrogen (secondary N) is 2. The molecule has 19 heavy (non-hydrogen) atoms. The Labute approximate surface area is 137 Å². The number of hydrogen-bond donors (Lipinski definition) is 2. The molecule has 1 rings (SSSR count). The van der Waals surface area contributed by atoms with E-state index in [1.54, 1.807) is 11.3 Å². The summed E-state index contributed by atoms with van der Waals surface area (Å²) < 4.78 is 0. The van der Waals surface area contributed by atoms with Crippen molar-refractivity contribution in [1.82, 2.24) is 15.5 Å². The van der Waals surface area contributed by atoms with Gasteiger partial charge in [-0.15, -0.1) is 35.3 Å². The highest BCUT2D eigenvalue weighted by atomic mass is 127. The molecule has 0 radical (unpaired) electrons. The van der Waals surface area contributed by atoms with Crippen LogP contribution >= 0.6 is 35.3 Å². The SMILES string of the molecule is CCNC(=NCC(c1cccs1)N(C)C)NCC.I. The average molecular weight is 396 g/mol. The average Bonchev–Trinajstić information content (AvgIpc) is 2.83. The summed E-state index contributed by atoms with van der Waals surface area (Å²) in [5.41, 5.74) is 0. The van der Waals surface area contributed by atoms with Crippen LogP contribution in [0.15, 0.2) is 22.5 Å². The minimum absolute atomic E-state index is 0. The summed E-state index contributed by atoms with van der Waals surface area (Å²) in [6.45, 7) is 6.70. The normalized spacial score (nSPS) is 11.6. The zero-order valence-corrected chi connectivity index (χ0v) is 15.3. The summed E-state index contributed by atoms with van der Waals surface area (Å²) in [6.07, 6.45) is 0. The standard InChI is InChI=1S/C13H24N4S.HI/c1-5-14-13(15-6-2)16-10-11(17(3)4)12-8-7-9-18-12;/h7-9,11H,5-6,10H2,1-4H3,(H2,14,15,16);1H. The third kappa shape index (κ3) is 6.58. The van der Waals surface area contributed by atoms with E-state index in [9.17, 15) is 0 Å². The Kier molecular flexibility index (Phi) is 10.3. The number of hydrogen-bond acceptors (Lipinski definition) is 3. The van der Waals surface area contributed by atoms with Crippen molar-refractivity contribution in [3.63, 3.8) is 0 Å². The Hall–Kier alpha value is -0.340. The quantitative estimate of drug-likeness (QED) is 0.441. The van der Waals surface area contributed by atoms with E-state index in [0.29, 0.717) is 6.04 Å². The molecule has 0 amide bonds. The molecule has 4 nitrogen and oxygen atoms in total. The lowest BCUT2D eigenvalue weighted by Gasteiger charge is -2.22. The molecular formula is C13H25IN4S. The predicted octanol–water partition coefficient (Wildman–Crippen LogP) is 2.54. The Morgan fingerprint density at radius 3 is 2.37 bits per heavy atom. The summed E-state index contributed by atoms with van der Waals surface area (Å²) in [4.78, 5) is 8.21. The van der Waals surface area contributed by atoms with Gasteiger partial charge >= 0.3 is 0 Å². The van der Waals surface area contributed by atoms with Gasteiger partial charge in [-0.3, -0.25) is 4.99 Å². The third-order valence-electron chi connectivity index (χ3n) is 2.61. The molecule has 0 saturated carbocycles. The van der Waals surface area contributed by atoms with Crippen molar-refractivity contribution < 1.29 is 0 Å². The molecule has 1 aromatic heterocycles. The number of likely N-dealkylation sites (N-methyl/N-ethyl adjacent to an activating group) is 1. The largest absolute Gasteiger partial charge is 0.357 e.